The maximum absolute atomic E-state index is 10.8. The van der Waals surface area contributed by atoms with Crippen molar-refractivity contribution in [1.29, 1.82) is 0 Å². The minimum atomic E-state index is 0.475. The standard InChI is InChI=1S/C15H15N3O2S/c1-10-3-4-11(2)13(7-10)20-6-5-14-17-18-12(9-19)8-16-15(18)21-14/h3-4,7-9H,5-6H2,1-2H3. The molecule has 0 atom stereocenters. The average Bonchev–Trinajstić information content (AvgIpc) is 3.02. The molecule has 0 saturated heterocycles. The molecule has 0 fully saturated rings. The van der Waals surface area contributed by atoms with E-state index in [4.69, 9.17) is 4.74 Å². The summed E-state index contributed by atoms with van der Waals surface area (Å²) in [4.78, 5) is 15.7. The fraction of sp³-hybridized carbons (Fsp3) is 0.267. The zero-order valence-corrected chi connectivity index (χ0v) is 12.7. The molecule has 108 valence electrons. The van der Waals surface area contributed by atoms with Crippen molar-refractivity contribution in [3.63, 3.8) is 0 Å². The van der Waals surface area contributed by atoms with E-state index in [1.165, 1.54) is 23.1 Å². The summed E-state index contributed by atoms with van der Waals surface area (Å²) >= 11 is 1.48. The highest BCUT2D eigenvalue weighted by Crippen LogP contribution is 2.20. The van der Waals surface area contributed by atoms with Gasteiger partial charge in [-0.3, -0.25) is 4.79 Å². The molecule has 2 heterocycles. The number of fused-ring (bicyclic) bond motifs is 1. The fourth-order valence-electron chi connectivity index (χ4n) is 2.04. The average molecular weight is 301 g/mol. The second kappa shape index (κ2) is 5.65. The highest BCUT2D eigenvalue weighted by Gasteiger charge is 2.09. The van der Waals surface area contributed by atoms with Crippen LogP contribution in [0.25, 0.3) is 4.96 Å². The largest absolute Gasteiger partial charge is 0.493 e. The molecule has 21 heavy (non-hydrogen) atoms. The SMILES string of the molecule is Cc1ccc(C)c(OCCc2nn3c(C=O)cnc3s2)c1. The number of ether oxygens (including phenoxy) is 1. The third-order valence-corrected chi connectivity index (χ3v) is 4.17. The predicted octanol–water partition coefficient (Wildman–Crippen LogP) is 2.84. The van der Waals surface area contributed by atoms with E-state index in [0.29, 0.717) is 18.7 Å². The van der Waals surface area contributed by atoms with Crippen molar-refractivity contribution in [3.05, 3.63) is 46.2 Å². The molecule has 0 radical (unpaired) electrons. The summed E-state index contributed by atoms with van der Waals surface area (Å²) in [6.07, 6.45) is 2.98. The molecule has 3 aromatic rings. The van der Waals surface area contributed by atoms with Crippen LogP contribution in [0.15, 0.2) is 24.4 Å². The molecular weight excluding hydrogens is 286 g/mol. The van der Waals surface area contributed by atoms with Gasteiger partial charge < -0.3 is 4.74 Å². The van der Waals surface area contributed by atoms with Crippen molar-refractivity contribution in [2.75, 3.05) is 6.61 Å². The maximum atomic E-state index is 10.8. The van der Waals surface area contributed by atoms with Gasteiger partial charge in [-0.2, -0.15) is 5.10 Å². The van der Waals surface area contributed by atoms with Crippen LogP contribution in [-0.2, 0) is 6.42 Å². The van der Waals surface area contributed by atoms with Crippen molar-refractivity contribution in [1.82, 2.24) is 14.6 Å². The first-order chi connectivity index (χ1) is 10.2. The molecule has 2 aromatic heterocycles. The molecule has 0 bridgehead atoms. The second-order valence-electron chi connectivity index (χ2n) is 4.86. The smallest absolute Gasteiger partial charge is 0.212 e. The lowest BCUT2D eigenvalue weighted by Crippen LogP contribution is -2.03. The van der Waals surface area contributed by atoms with E-state index >= 15 is 0 Å². The van der Waals surface area contributed by atoms with Gasteiger partial charge in [0.25, 0.3) is 0 Å². The summed E-state index contributed by atoms with van der Waals surface area (Å²) in [5.41, 5.74) is 2.78. The van der Waals surface area contributed by atoms with Crippen LogP contribution in [0.1, 0.15) is 26.6 Å². The zero-order valence-electron chi connectivity index (χ0n) is 11.9. The lowest BCUT2D eigenvalue weighted by atomic mass is 10.1. The van der Waals surface area contributed by atoms with Crippen molar-refractivity contribution >= 4 is 22.6 Å². The topological polar surface area (TPSA) is 56.5 Å². The number of aryl methyl sites for hydroxylation is 2. The molecule has 0 amide bonds. The lowest BCUT2D eigenvalue weighted by molar-refractivity contribution is 0.111. The van der Waals surface area contributed by atoms with Crippen LogP contribution in [0, 0.1) is 13.8 Å². The number of benzene rings is 1. The lowest BCUT2D eigenvalue weighted by Gasteiger charge is -2.08. The van der Waals surface area contributed by atoms with Gasteiger partial charge in [-0.1, -0.05) is 23.5 Å². The van der Waals surface area contributed by atoms with Crippen LogP contribution < -0.4 is 4.74 Å². The monoisotopic (exact) mass is 301 g/mol. The number of aldehydes is 1. The van der Waals surface area contributed by atoms with E-state index in [9.17, 15) is 4.79 Å². The molecule has 1 aromatic carbocycles. The van der Waals surface area contributed by atoms with E-state index in [1.807, 2.05) is 19.9 Å². The molecule has 0 saturated carbocycles. The Morgan fingerprint density at radius 1 is 1.38 bits per heavy atom. The predicted molar refractivity (Wildman–Crippen MR) is 81.4 cm³/mol. The van der Waals surface area contributed by atoms with Crippen molar-refractivity contribution < 1.29 is 9.53 Å². The summed E-state index contributed by atoms with van der Waals surface area (Å²) in [6.45, 7) is 4.63. The number of carbonyl (C=O) groups is 1. The summed E-state index contributed by atoms with van der Waals surface area (Å²) in [5, 5.41) is 5.28. The Balaban J connectivity index is 1.67. The van der Waals surface area contributed by atoms with Gasteiger partial charge in [0.15, 0.2) is 6.29 Å². The number of hydrogen-bond donors (Lipinski definition) is 0. The van der Waals surface area contributed by atoms with Crippen LogP contribution in [0.5, 0.6) is 5.75 Å². The minimum Gasteiger partial charge on any atom is -0.493 e. The molecule has 0 aliphatic rings. The van der Waals surface area contributed by atoms with E-state index in [1.54, 1.807) is 4.52 Å². The normalized spacial score (nSPS) is 11.0. The molecule has 3 rings (SSSR count). The van der Waals surface area contributed by atoms with Crippen LogP contribution in [0.2, 0.25) is 0 Å². The Hall–Kier alpha value is -2.21. The van der Waals surface area contributed by atoms with Gasteiger partial charge in [-0.15, -0.1) is 0 Å². The number of imidazole rings is 1. The molecule has 0 spiro atoms. The van der Waals surface area contributed by atoms with E-state index in [2.05, 4.69) is 22.2 Å². The highest BCUT2D eigenvalue weighted by molar-refractivity contribution is 7.16. The molecular formula is C15H15N3O2S. The molecule has 0 aliphatic carbocycles. The first-order valence-corrected chi connectivity index (χ1v) is 7.47. The summed E-state index contributed by atoms with van der Waals surface area (Å²) < 4.78 is 7.39. The maximum Gasteiger partial charge on any atom is 0.212 e. The summed E-state index contributed by atoms with van der Waals surface area (Å²) in [6, 6.07) is 6.16. The minimum absolute atomic E-state index is 0.475. The molecule has 5 nitrogen and oxygen atoms in total. The zero-order chi connectivity index (χ0) is 14.8. The Bertz CT molecular complexity index is 791. The van der Waals surface area contributed by atoms with E-state index in [0.717, 1.165) is 27.6 Å². The van der Waals surface area contributed by atoms with Gasteiger partial charge in [0.05, 0.1) is 12.8 Å². The van der Waals surface area contributed by atoms with Gasteiger partial charge in [0.2, 0.25) is 4.96 Å². The van der Waals surface area contributed by atoms with Crippen LogP contribution in [-0.4, -0.2) is 27.5 Å². The summed E-state index contributed by atoms with van der Waals surface area (Å²) in [7, 11) is 0. The highest BCUT2D eigenvalue weighted by atomic mass is 32.1. The third kappa shape index (κ3) is 2.80. The first-order valence-electron chi connectivity index (χ1n) is 6.66. The first kappa shape index (κ1) is 13.8. The van der Waals surface area contributed by atoms with Crippen molar-refractivity contribution in [2.45, 2.75) is 20.3 Å². The Morgan fingerprint density at radius 2 is 2.24 bits per heavy atom. The fourth-order valence-corrected chi connectivity index (χ4v) is 2.90. The Labute approximate surface area is 126 Å². The Morgan fingerprint density at radius 3 is 3.05 bits per heavy atom. The van der Waals surface area contributed by atoms with Gasteiger partial charge in [-0.05, 0) is 31.0 Å². The number of carbonyl (C=O) groups excluding carboxylic acids is 1. The number of aromatic nitrogens is 3. The quantitative estimate of drug-likeness (QED) is 0.680. The van der Waals surface area contributed by atoms with Crippen LogP contribution >= 0.6 is 11.3 Å². The van der Waals surface area contributed by atoms with Gasteiger partial charge >= 0.3 is 0 Å². The van der Waals surface area contributed by atoms with Gasteiger partial charge in [0, 0.05) is 6.42 Å². The van der Waals surface area contributed by atoms with Crippen LogP contribution in [0.3, 0.4) is 0 Å². The number of hydrogen-bond acceptors (Lipinski definition) is 5. The Kier molecular flexibility index (Phi) is 3.70. The third-order valence-electron chi connectivity index (χ3n) is 3.19. The molecule has 0 N–H and O–H groups in total. The van der Waals surface area contributed by atoms with Crippen LogP contribution in [0.4, 0.5) is 0 Å². The van der Waals surface area contributed by atoms with E-state index in [-0.39, 0.29) is 0 Å². The number of nitrogens with zero attached hydrogens (tertiary/aromatic N) is 3. The van der Waals surface area contributed by atoms with Crippen molar-refractivity contribution in [2.24, 2.45) is 0 Å². The molecule has 0 unspecified atom stereocenters. The van der Waals surface area contributed by atoms with Crippen molar-refractivity contribution in [3.8, 4) is 5.75 Å². The van der Waals surface area contributed by atoms with Gasteiger partial charge in [0.1, 0.15) is 16.5 Å². The van der Waals surface area contributed by atoms with E-state index < -0.39 is 0 Å². The molecule has 0 aliphatic heterocycles. The van der Waals surface area contributed by atoms with Gasteiger partial charge in [-0.25, -0.2) is 9.50 Å². The molecule has 6 heteroatoms. The number of rotatable bonds is 5. The summed E-state index contributed by atoms with van der Waals surface area (Å²) in [5.74, 6) is 0.907. The second-order valence-corrected chi connectivity index (χ2v) is 5.90.